The van der Waals surface area contributed by atoms with E-state index in [4.69, 9.17) is 0 Å². The molecule has 0 aliphatic carbocycles. The van der Waals surface area contributed by atoms with E-state index in [-0.39, 0.29) is 134 Å². The monoisotopic (exact) mass is 537 g/mol. The Balaban J connectivity index is 0. The molecular formula is DyFeGdTb+11. The number of rotatable bonds is 0. The topological polar surface area (TPSA) is 0 Å². The van der Waals surface area contributed by atoms with Gasteiger partial charge in [-0.05, 0) is 0 Å². The van der Waals surface area contributed by atoms with Gasteiger partial charge in [0.15, 0.2) is 0 Å². The molecule has 0 saturated heterocycles. The number of hydrogen-bond donors (Lipinski definition) is 0. The third-order valence-corrected chi connectivity index (χ3v) is 0. The molecule has 0 amide bonds. The Labute approximate surface area is 130 Å². The van der Waals surface area contributed by atoms with Crippen LogP contribution in [0.15, 0.2) is 0 Å². The fourth-order valence-electron chi connectivity index (χ4n) is 0. The summed E-state index contributed by atoms with van der Waals surface area (Å²) in [4.78, 5) is 0. The molecule has 0 fully saturated rings. The predicted molar refractivity (Wildman–Crippen MR) is 0 cm³/mol. The molecule has 4 heavy (non-hydrogen) atoms. The van der Waals surface area contributed by atoms with Crippen LogP contribution < -0.4 is 0 Å². The quantitative estimate of drug-likeness (QED) is 0.384. The summed E-state index contributed by atoms with van der Waals surface area (Å²) in [7, 11) is 0. The molecule has 0 heterocycles. The first-order valence-electron chi connectivity index (χ1n) is 0. The van der Waals surface area contributed by atoms with Crippen LogP contribution in [0.25, 0.3) is 0 Å². The summed E-state index contributed by atoms with van der Waals surface area (Å²) in [6.45, 7) is 0. The maximum absolute atomic E-state index is 0. The van der Waals surface area contributed by atoms with Crippen molar-refractivity contribution in [3.8, 4) is 0 Å². The Morgan fingerprint density at radius 1 is 1.00 bits per heavy atom. The van der Waals surface area contributed by atoms with Crippen LogP contribution in [-0.2, 0) is 17.1 Å². The zero-order chi connectivity index (χ0) is 0. The first-order valence-corrected chi connectivity index (χ1v) is 0. The Morgan fingerprint density at radius 3 is 1.00 bits per heavy atom. The molecular weight excluding hydrogens is 535 g/mol. The molecule has 24 valence electrons. The van der Waals surface area contributed by atoms with Gasteiger partial charge in [-0.1, -0.05) is 0 Å². The van der Waals surface area contributed by atoms with Crippen molar-refractivity contribution in [3.63, 3.8) is 0 Å². The molecule has 0 saturated carbocycles. The summed E-state index contributed by atoms with van der Waals surface area (Å²) >= 11 is 0. The van der Waals surface area contributed by atoms with Gasteiger partial charge in [-0.3, -0.25) is 0 Å². The minimum absolute atomic E-state index is 0. The van der Waals surface area contributed by atoms with Crippen molar-refractivity contribution < 1.29 is 134 Å². The molecule has 0 unspecified atom stereocenters. The third-order valence-electron chi connectivity index (χ3n) is 0. The van der Waals surface area contributed by atoms with Crippen molar-refractivity contribution in [1.29, 1.82) is 0 Å². The summed E-state index contributed by atoms with van der Waals surface area (Å²) in [6.07, 6.45) is 0. The summed E-state index contributed by atoms with van der Waals surface area (Å²) in [6, 6.07) is 0. The molecule has 0 aromatic carbocycles. The van der Waals surface area contributed by atoms with Crippen molar-refractivity contribution in [1.82, 2.24) is 0 Å². The molecule has 0 aromatic heterocycles. The van der Waals surface area contributed by atoms with E-state index < -0.39 is 0 Å². The molecule has 0 bridgehead atoms. The van der Waals surface area contributed by atoms with Gasteiger partial charge in [0.2, 0.25) is 0 Å². The molecule has 0 aliphatic heterocycles. The van der Waals surface area contributed by atoms with Gasteiger partial charge in [0, 0.05) is 0 Å². The zero-order valence-corrected chi connectivity index (χ0v) is 8.90. The van der Waals surface area contributed by atoms with Crippen molar-refractivity contribution in [3.05, 3.63) is 0 Å². The molecule has 2 radical (unpaired) electrons. The van der Waals surface area contributed by atoms with Crippen molar-refractivity contribution in [2.24, 2.45) is 0 Å². The number of hydrogen-bond acceptors (Lipinski definition) is 0. The summed E-state index contributed by atoms with van der Waals surface area (Å²) in [5.74, 6) is 0. The standard InChI is InChI=1S/Dy.Fe.Gd.Tb/q+3;+2;2*+3. The molecule has 0 atom stereocenters. The molecule has 0 rings (SSSR count). The average molecular weight is 535 g/mol. The minimum Gasteiger partial charge on any atom is 2.00 e. The van der Waals surface area contributed by atoms with E-state index in [2.05, 4.69) is 0 Å². The van der Waals surface area contributed by atoms with E-state index in [0.717, 1.165) is 0 Å². The second kappa shape index (κ2) is 15.7. The van der Waals surface area contributed by atoms with Gasteiger partial charge in [-0.15, -0.1) is 0 Å². The second-order valence-electron chi connectivity index (χ2n) is 0. The zero-order valence-electron chi connectivity index (χ0n) is 1.36. The summed E-state index contributed by atoms with van der Waals surface area (Å²) in [5.41, 5.74) is 0. The average Bonchev–Trinajstić information content (AvgIpc) is 0. The van der Waals surface area contributed by atoms with Crippen LogP contribution in [0.5, 0.6) is 0 Å². The van der Waals surface area contributed by atoms with Gasteiger partial charge in [0.05, 0.1) is 0 Å². The maximum atomic E-state index is 0. The maximum Gasteiger partial charge on any atom is 3.00 e. The van der Waals surface area contributed by atoms with Crippen LogP contribution in [0.3, 0.4) is 0 Å². The van der Waals surface area contributed by atoms with Crippen LogP contribution in [0.4, 0.5) is 0 Å². The Morgan fingerprint density at radius 2 is 1.00 bits per heavy atom. The van der Waals surface area contributed by atoms with Crippen molar-refractivity contribution >= 4 is 0 Å². The van der Waals surface area contributed by atoms with Crippen molar-refractivity contribution in [2.45, 2.75) is 0 Å². The Bertz CT molecular complexity index is 8.00. The fraction of sp³-hybridized carbons (Fsp3) is 0. The SMILES string of the molecule is [Dy+3].[Fe+2].[Gd+3].[Tb+3]. The second-order valence-corrected chi connectivity index (χ2v) is 0. The third kappa shape index (κ3) is 9.64. The van der Waals surface area contributed by atoms with Crippen molar-refractivity contribution in [2.75, 3.05) is 0 Å². The van der Waals surface area contributed by atoms with Gasteiger partial charge in [0.25, 0.3) is 0 Å². The largest absolute Gasteiger partial charge is 3.00 e. The normalized spacial score (nSPS) is 0. The van der Waals surface area contributed by atoms with Gasteiger partial charge < -0.3 is 0 Å². The van der Waals surface area contributed by atoms with Crippen LogP contribution in [0.2, 0.25) is 0 Å². The first kappa shape index (κ1) is 23.8. The molecule has 0 aromatic rings. The van der Waals surface area contributed by atoms with E-state index in [1.165, 1.54) is 0 Å². The Hall–Kier alpha value is 4.40. The molecule has 0 N–H and O–H groups in total. The molecule has 0 aliphatic rings. The smallest absolute Gasteiger partial charge is 2.00 e. The van der Waals surface area contributed by atoms with E-state index in [9.17, 15) is 0 Å². The Kier molecular flexibility index (Phi) is 93.0. The fourth-order valence-corrected chi connectivity index (χ4v) is 0. The predicted octanol–water partition coefficient (Wildman–Crippen LogP) is -0.00250. The van der Waals surface area contributed by atoms with E-state index >= 15 is 0 Å². The van der Waals surface area contributed by atoms with E-state index in [1.54, 1.807) is 0 Å². The molecule has 4 heteroatoms. The van der Waals surface area contributed by atoms with Crippen LogP contribution in [-0.4, -0.2) is 0 Å². The van der Waals surface area contributed by atoms with Gasteiger partial charge in [-0.2, -0.15) is 0 Å². The summed E-state index contributed by atoms with van der Waals surface area (Å²) < 4.78 is 0. The summed E-state index contributed by atoms with van der Waals surface area (Å²) in [5, 5.41) is 0. The van der Waals surface area contributed by atoms with Gasteiger partial charge >= 0.3 is 134 Å². The first-order chi connectivity index (χ1) is 0. The van der Waals surface area contributed by atoms with Gasteiger partial charge in [-0.25, -0.2) is 0 Å². The van der Waals surface area contributed by atoms with Crippen LogP contribution in [0, 0.1) is 117 Å². The van der Waals surface area contributed by atoms with Crippen LogP contribution in [0.1, 0.15) is 0 Å². The van der Waals surface area contributed by atoms with Crippen LogP contribution >= 0.6 is 0 Å². The van der Waals surface area contributed by atoms with E-state index in [1.807, 2.05) is 0 Å². The molecule has 0 spiro atoms. The van der Waals surface area contributed by atoms with E-state index in [0.29, 0.717) is 0 Å². The minimum atomic E-state index is 0. The molecule has 0 nitrogen and oxygen atoms in total. The van der Waals surface area contributed by atoms with Gasteiger partial charge in [0.1, 0.15) is 0 Å².